The zero-order valence-corrected chi connectivity index (χ0v) is 17.9. The summed E-state index contributed by atoms with van der Waals surface area (Å²) in [4.78, 5) is 22.9. The Bertz CT molecular complexity index is 1180. The first-order chi connectivity index (χ1) is 15.7. The van der Waals surface area contributed by atoms with Gasteiger partial charge in [0.2, 0.25) is 5.91 Å². The average molecular weight is 456 g/mol. The lowest BCUT2D eigenvalue weighted by Gasteiger charge is -2.29. The molecule has 172 valence electrons. The van der Waals surface area contributed by atoms with Gasteiger partial charge in [0.15, 0.2) is 0 Å². The fraction of sp³-hybridized carbons (Fsp3) is 0.261. The van der Waals surface area contributed by atoms with Crippen LogP contribution >= 0.6 is 0 Å². The van der Waals surface area contributed by atoms with Crippen LogP contribution in [-0.4, -0.2) is 42.1 Å². The maximum absolute atomic E-state index is 13.2. The molecule has 0 unspecified atom stereocenters. The van der Waals surface area contributed by atoms with E-state index in [0.717, 1.165) is 32.2 Å². The number of carbonyl (C=O) groups is 1. The van der Waals surface area contributed by atoms with Crippen LogP contribution in [-0.2, 0) is 6.18 Å². The number of alkyl halides is 3. The molecule has 1 aliphatic rings. The van der Waals surface area contributed by atoms with Crippen LogP contribution < -0.4 is 21.3 Å². The number of benzene rings is 1. The van der Waals surface area contributed by atoms with Gasteiger partial charge >= 0.3 is 6.18 Å². The Labute approximate surface area is 188 Å². The van der Waals surface area contributed by atoms with Crippen LogP contribution in [0.15, 0.2) is 48.7 Å². The van der Waals surface area contributed by atoms with E-state index in [1.165, 1.54) is 19.2 Å². The van der Waals surface area contributed by atoms with Crippen molar-refractivity contribution in [3.05, 3.63) is 65.4 Å². The van der Waals surface area contributed by atoms with Crippen molar-refractivity contribution in [2.75, 3.05) is 36.4 Å². The van der Waals surface area contributed by atoms with Gasteiger partial charge in [0, 0.05) is 49.2 Å². The van der Waals surface area contributed by atoms with Crippen LogP contribution in [0.5, 0.6) is 0 Å². The van der Waals surface area contributed by atoms with Crippen molar-refractivity contribution in [3.8, 4) is 11.3 Å². The third-order valence-electron chi connectivity index (χ3n) is 5.49. The van der Waals surface area contributed by atoms with Crippen molar-refractivity contribution in [1.82, 2.24) is 15.3 Å². The summed E-state index contributed by atoms with van der Waals surface area (Å²) in [7, 11) is 0. The second-order valence-corrected chi connectivity index (χ2v) is 7.73. The molecule has 4 N–H and O–H groups in total. The monoisotopic (exact) mass is 456 g/mol. The molecule has 2 aromatic heterocycles. The highest BCUT2D eigenvalue weighted by Crippen LogP contribution is 2.35. The Morgan fingerprint density at radius 2 is 1.91 bits per heavy atom. The van der Waals surface area contributed by atoms with Crippen molar-refractivity contribution >= 4 is 23.2 Å². The SMILES string of the molecule is Cc1c(Nc2cc(-c3cc(C(N)=O)cc(N4CCNCC4)n3)ccn2)cccc1C(F)(F)F. The molecule has 3 aromatic rings. The molecule has 7 nitrogen and oxygen atoms in total. The fourth-order valence-electron chi connectivity index (χ4n) is 3.74. The van der Waals surface area contributed by atoms with E-state index < -0.39 is 17.6 Å². The van der Waals surface area contributed by atoms with Crippen LogP contribution in [0.1, 0.15) is 21.5 Å². The van der Waals surface area contributed by atoms with Gasteiger partial charge in [-0.3, -0.25) is 4.79 Å². The number of rotatable bonds is 5. The first-order valence-corrected chi connectivity index (χ1v) is 10.4. The highest BCUT2D eigenvalue weighted by atomic mass is 19.4. The molecule has 33 heavy (non-hydrogen) atoms. The minimum absolute atomic E-state index is 0.0760. The van der Waals surface area contributed by atoms with Crippen LogP contribution in [0.3, 0.4) is 0 Å². The summed E-state index contributed by atoms with van der Waals surface area (Å²) in [5.41, 5.74) is 6.71. The summed E-state index contributed by atoms with van der Waals surface area (Å²) in [5.74, 6) is 0.426. The molecular weight excluding hydrogens is 433 g/mol. The average Bonchev–Trinajstić information content (AvgIpc) is 2.80. The normalized spacial score (nSPS) is 14.2. The number of aromatic nitrogens is 2. The van der Waals surface area contributed by atoms with Crippen molar-refractivity contribution in [1.29, 1.82) is 0 Å². The molecule has 1 amide bonds. The van der Waals surface area contributed by atoms with E-state index in [9.17, 15) is 18.0 Å². The fourth-order valence-corrected chi connectivity index (χ4v) is 3.74. The van der Waals surface area contributed by atoms with Crippen LogP contribution in [0, 0.1) is 6.92 Å². The lowest BCUT2D eigenvalue weighted by atomic mass is 10.1. The number of primary amides is 1. The Morgan fingerprint density at radius 3 is 2.61 bits per heavy atom. The molecule has 1 aliphatic heterocycles. The zero-order valence-electron chi connectivity index (χ0n) is 17.9. The van der Waals surface area contributed by atoms with E-state index in [2.05, 4.69) is 20.5 Å². The number of nitrogens with two attached hydrogens (primary N) is 1. The molecule has 0 radical (unpaired) electrons. The summed E-state index contributed by atoms with van der Waals surface area (Å²) < 4.78 is 39.7. The van der Waals surface area contributed by atoms with Gasteiger partial charge in [0.1, 0.15) is 11.6 Å². The van der Waals surface area contributed by atoms with Gasteiger partial charge in [-0.25, -0.2) is 9.97 Å². The summed E-state index contributed by atoms with van der Waals surface area (Å²) >= 11 is 0. The molecule has 1 saturated heterocycles. The minimum atomic E-state index is -4.45. The molecule has 3 heterocycles. The quantitative estimate of drug-likeness (QED) is 0.542. The van der Waals surface area contributed by atoms with Gasteiger partial charge in [0.25, 0.3) is 0 Å². The number of hydrogen-bond donors (Lipinski definition) is 3. The van der Waals surface area contributed by atoms with Crippen LogP contribution in [0.2, 0.25) is 0 Å². The van der Waals surface area contributed by atoms with Gasteiger partial charge in [0.05, 0.1) is 11.3 Å². The Kier molecular flexibility index (Phi) is 6.19. The molecule has 0 aliphatic carbocycles. The Morgan fingerprint density at radius 1 is 1.15 bits per heavy atom. The zero-order chi connectivity index (χ0) is 23.6. The summed E-state index contributed by atoms with van der Waals surface area (Å²) in [6, 6.07) is 10.6. The van der Waals surface area contributed by atoms with Crippen molar-refractivity contribution in [2.45, 2.75) is 13.1 Å². The van der Waals surface area contributed by atoms with Gasteiger partial charge < -0.3 is 21.3 Å². The van der Waals surface area contributed by atoms with Crippen molar-refractivity contribution in [2.24, 2.45) is 5.73 Å². The predicted octanol–water partition coefficient (Wildman–Crippen LogP) is 3.72. The van der Waals surface area contributed by atoms with Gasteiger partial charge in [-0.1, -0.05) is 6.07 Å². The predicted molar refractivity (Wildman–Crippen MR) is 121 cm³/mol. The minimum Gasteiger partial charge on any atom is -0.366 e. The number of amides is 1. The second-order valence-electron chi connectivity index (χ2n) is 7.73. The molecule has 0 spiro atoms. The van der Waals surface area contributed by atoms with Gasteiger partial charge in [-0.2, -0.15) is 13.2 Å². The molecule has 1 fully saturated rings. The van der Waals surface area contributed by atoms with E-state index in [1.807, 2.05) is 0 Å². The number of piperazine rings is 1. The van der Waals surface area contributed by atoms with E-state index in [4.69, 9.17) is 10.7 Å². The first-order valence-electron chi connectivity index (χ1n) is 10.4. The number of hydrogen-bond acceptors (Lipinski definition) is 6. The third-order valence-corrected chi connectivity index (χ3v) is 5.49. The van der Waals surface area contributed by atoms with E-state index in [-0.39, 0.29) is 5.56 Å². The lowest BCUT2D eigenvalue weighted by Crippen LogP contribution is -2.44. The van der Waals surface area contributed by atoms with Crippen molar-refractivity contribution < 1.29 is 18.0 Å². The van der Waals surface area contributed by atoms with Gasteiger partial charge in [-0.05, 0) is 48.9 Å². The van der Waals surface area contributed by atoms with E-state index >= 15 is 0 Å². The lowest BCUT2D eigenvalue weighted by molar-refractivity contribution is -0.138. The molecular formula is C23H23F3N6O. The summed E-state index contributed by atoms with van der Waals surface area (Å²) in [6.45, 7) is 4.50. The standard InChI is InChI=1S/C23H23F3N6O/c1-14-17(23(24,25)26)3-2-4-18(14)30-20-12-15(5-6-29-20)19-11-16(22(27)33)13-21(31-19)32-9-7-28-8-10-32/h2-6,11-13,28H,7-10H2,1H3,(H2,27,33)(H,29,30). The number of carbonyl (C=O) groups excluding carboxylic acids is 1. The highest BCUT2D eigenvalue weighted by molar-refractivity contribution is 5.94. The maximum atomic E-state index is 13.2. The topological polar surface area (TPSA) is 96.2 Å². The van der Waals surface area contributed by atoms with Crippen LogP contribution in [0.25, 0.3) is 11.3 Å². The van der Waals surface area contributed by atoms with Crippen molar-refractivity contribution in [3.63, 3.8) is 0 Å². The Hall–Kier alpha value is -3.66. The molecule has 0 bridgehead atoms. The molecule has 4 rings (SSSR count). The summed E-state index contributed by atoms with van der Waals surface area (Å²) in [5, 5.41) is 6.23. The van der Waals surface area contributed by atoms with Gasteiger partial charge in [-0.15, -0.1) is 0 Å². The highest BCUT2D eigenvalue weighted by Gasteiger charge is 2.32. The Balaban J connectivity index is 1.68. The molecule has 0 atom stereocenters. The van der Waals surface area contributed by atoms with E-state index in [1.54, 1.807) is 30.3 Å². The number of nitrogens with one attached hydrogen (secondary N) is 2. The number of halogens is 3. The first kappa shape index (κ1) is 22.5. The second kappa shape index (κ2) is 9.07. The van der Waals surface area contributed by atoms with Crippen LogP contribution in [0.4, 0.5) is 30.5 Å². The number of nitrogens with zero attached hydrogens (tertiary/aromatic N) is 3. The van der Waals surface area contributed by atoms with E-state index in [0.29, 0.717) is 34.1 Å². The number of pyridine rings is 2. The smallest absolute Gasteiger partial charge is 0.366 e. The largest absolute Gasteiger partial charge is 0.416 e. The molecule has 0 saturated carbocycles. The molecule has 1 aromatic carbocycles. The number of anilines is 3. The molecule has 10 heteroatoms. The maximum Gasteiger partial charge on any atom is 0.416 e. The third kappa shape index (κ3) is 5.06. The summed E-state index contributed by atoms with van der Waals surface area (Å²) in [6.07, 6.45) is -2.92.